The minimum absolute atomic E-state index is 0.136. The van der Waals surface area contributed by atoms with Gasteiger partial charge in [-0.3, -0.25) is 0 Å². The Morgan fingerprint density at radius 2 is 2.38 bits per heavy atom. The number of fused-ring (bicyclic) bond motifs is 1. The molecule has 1 aliphatic carbocycles. The standard InChI is InChI=1S/C11H15NO/c1-11(9-2-3-9)10-8(4-6-12-11)5-7-13-10/h5,7,9,12H,2-4,6H2,1H3. The summed E-state index contributed by atoms with van der Waals surface area (Å²) in [5.41, 5.74) is 1.55. The Morgan fingerprint density at radius 1 is 1.54 bits per heavy atom. The quantitative estimate of drug-likeness (QED) is 0.710. The summed E-state index contributed by atoms with van der Waals surface area (Å²) in [5, 5.41) is 3.61. The van der Waals surface area contributed by atoms with Crippen molar-refractivity contribution in [1.29, 1.82) is 0 Å². The zero-order chi connectivity index (χ0) is 8.89. The van der Waals surface area contributed by atoms with Gasteiger partial charge in [-0.2, -0.15) is 0 Å². The maximum atomic E-state index is 5.61. The molecule has 1 saturated carbocycles. The van der Waals surface area contributed by atoms with Crippen LogP contribution >= 0.6 is 0 Å². The molecule has 0 radical (unpaired) electrons. The van der Waals surface area contributed by atoms with E-state index in [4.69, 9.17) is 4.42 Å². The van der Waals surface area contributed by atoms with Crippen LogP contribution in [-0.4, -0.2) is 6.54 Å². The molecule has 1 aliphatic heterocycles. The van der Waals surface area contributed by atoms with Crippen LogP contribution in [0, 0.1) is 5.92 Å². The molecule has 1 atom stereocenters. The van der Waals surface area contributed by atoms with Crippen LogP contribution in [0.25, 0.3) is 0 Å². The number of nitrogens with one attached hydrogen (secondary N) is 1. The lowest BCUT2D eigenvalue weighted by Gasteiger charge is -2.33. The minimum Gasteiger partial charge on any atom is -0.467 e. The number of hydrogen-bond donors (Lipinski definition) is 1. The Morgan fingerprint density at radius 3 is 3.15 bits per heavy atom. The zero-order valence-electron chi connectivity index (χ0n) is 7.97. The fraction of sp³-hybridized carbons (Fsp3) is 0.636. The molecular formula is C11H15NO. The van der Waals surface area contributed by atoms with Gasteiger partial charge < -0.3 is 9.73 Å². The van der Waals surface area contributed by atoms with Crippen molar-refractivity contribution in [3.63, 3.8) is 0 Å². The summed E-state index contributed by atoms with van der Waals surface area (Å²) in [5.74, 6) is 2.00. The first-order valence-electron chi connectivity index (χ1n) is 5.12. The van der Waals surface area contributed by atoms with Gasteiger partial charge in [0.05, 0.1) is 11.8 Å². The highest BCUT2D eigenvalue weighted by Gasteiger charge is 2.47. The molecule has 0 spiro atoms. The van der Waals surface area contributed by atoms with Gasteiger partial charge in [0.1, 0.15) is 5.76 Å². The highest BCUT2D eigenvalue weighted by Crippen LogP contribution is 2.47. The molecule has 1 N–H and O–H groups in total. The van der Waals surface area contributed by atoms with Gasteiger partial charge >= 0.3 is 0 Å². The Balaban J connectivity index is 2.07. The zero-order valence-corrected chi connectivity index (χ0v) is 7.97. The third kappa shape index (κ3) is 0.983. The fourth-order valence-electron chi connectivity index (χ4n) is 2.52. The summed E-state index contributed by atoms with van der Waals surface area (Å²) in [7, 11) is 0. The van der Waals surface area contributed by atoms with Gasteiger partial charge in [-0.1, -0.05) is 0 Å². The van der Waals surface area contributed by atoms with E-state index in [1.54, 1.807) is 0 Å². The van der Waals surface area contributed by atoms with E-state index in [9.17, 15) is 0 Å². The van der Waals surface area contributed by atoms with Crippen LogP contribution in [-0.2, 0) is 12.0 Å². The average Bonchev–Trinajstić information content (AvgIpc) is 2.86. The van der Waals surface area contributed by atoms with Crippen molar-refractivity contribution in [1.82, 2.24) is 5.32 Å². The normalized spacial score (nSPS) is 33.0. The largest absolute Gasteiger partial charge is 0.467 e. The highest BCUT2D eigenvalue weighted by molar-refractivity contribution is 5.29. The molecule has 0 saturated heterocycles. The van der Waals surface area contributed by atoms with Crippen molar-refractivity contribution in [3.8, 4) is 0 Å². The topological polar surface area (TPSA) is 25.2 Å². The van der Waals surface area contributed by atoms with E-state index in [0.717, 1.165) is 18.9 Å². The van der Waals surface area contributed by atoms with Crippen molar-refractivity contribution in [2.24, 2.45) is 5.92 Å². The van der Waals surface area contributed by atoms with E-state index in [1.165, 1.54) is 24.2 Å². The average molecular weight is 177 g/mol. The van der Waals surface area contributed by atoms with Crippen LogP contribution in [0.1, 0.15) is 31.1 Å². The van der Waals surface area contributed by atoms with Gasteiger partial charge in [-0.15, -0.1) is 0 Å². The summed E-state index contributed by atoms with van der Waals surface area (Å²) in [6, 6.07) is 2.12. The van der Waals surface area contributed by atoms with Crippen molar-refractivity contribution in [3.05, 3.63) is 23.7 Å². The summed E-state index contributed by atoms with van der Waals surface area (Å²) in [6.07, 6.45) is 5.65. The molecule has 1 aromatic heterocycles. The Kier molecular flexibility index (Phi) is 1.40. The third-order valence-electron chi connectivity index (χ3n) is 3.50. The van der Waals surface area contributed by atoms with Crippen LogP contribution in [0.15, 0.2) is 16.7 Å². The van der Waals surface area contributed by atoms with Gasteiger partial charge in [0.15, 0.2) is 0 Å². The van der Waals surface area contributed by atoms with Gasteiger partial charge in [-0.05, 0) is 43.7 Å². The molecule has 2 nitrogen and oxygen atoms in total. The summed E-state index contributed by atoms with van der Waals surface area (Å²) in [4.78, 5) is 0. The monoisotopic (exact) mass is 177 g/mol. The second-order valence-electron chi connectivity index (χ2n) is 4.43. The Hall–Kier alpha value is -0.760. The molecule has 0 amide bonds. The molecule has 1 aromatic rings. The van der Waals surface area contributed by atoms with Crippen LogP contribution in [0.5, 0.6) is 0 Å². The summed E-state index contributed by atoms with van der Waals surface area (Å²) >= 11 is 0. The first kappa shape index (κ1) is 7.63. The van der Waals surface area contributed by atoms with E-state index >= 15 is 0 Å². The van der Waals surface area contributed by atoms with E-state index in [1.807, 2.05) is 6.26 Å². The second kappa shape index (κ2) is 2.38. The second-order valence-corrected chi connectivity index (χ2v) is 4.43. The molecule has 1 unspecified atom stereocenters. The van der Waals surface area contributed by atoms with E-state index in [0.29, 0.717) is 0 Å². The molecule has 0 bridgehead atoms. The smallest absolute Gasteiger partial charge is 0.127 e. The van der Waals surface area contributed by atoms with Crippen LogP contribution in [0.3, 0.4) is 0 Å². The SMILES string of the molecule is CC1(C2CC2)NCCc2ccoc21. The number of hydrogen-bond acceptors (Lipinski definition) is 2. The summed E-state index contributed by atoms with van der Waals surface area (Å²) in [6.45, 7) is 3.38. The van der Waals surface area contributed by atoms with Gasteiger partial charge in [0.25, 0.3) is 0 Å². The molecule has 2 heterocycles. The summed E-state index contributed by atoms with van der Waals surface area (Å²) < 4.78 is 5.61. The van der Waals surface area contributed by atoms with Crippen molar-refractivity contribution in [2.45, 2.75) is 31.7 Å². The lowest BCUT2D eigenvalue weighted by Crippen LogP contribution is -2.46. The molecule has 3 rings (SSSR count). The molecule has 1 fully saturated rings. The van der Waals surface area contributed by atoms with Crippen molar-refractivity contribution >= 4 is 0 Å². The Bertz CT molecular complexity index is 327. The lowest BCUT2D eigenvalue weighted by molar-refractivity contribution is 0.243. The van der Waals surface area contributed by atoms with E-state index < -0.39 is 0 Å². The molecule has 2 aliphatic rings. The van der Waals surface area contributed by atoms with Gasteiger partial charge in [0, 0.05) is 6.54 Å². The molecule has 2 heteroatoms. The first-order chi connectivity index (χ1) is 6.31. The van der Waals surface area contributed by atoms with Crippen LogP contribution < -0.4 is 5.32 Å². The molecule has 0 aromatic carbocycles. The predicted octanol–water partition coefficient (Wildman–Crippen LogP) is 2.05. The maximum absolute atomic E-state index is 5.61. The molecular weight excluding hydrogens is 162 g/mol. The molecule has 70 valence electrons. The molecule has 13 heavy (non-hydrogen) atoms. The van der Waals surface area contributed by atoms with Gasteiger partial charge in [-0.25, -0.2) is 0 Å². The highest BCUT2D eigenvalue weighted by atomic mass is 16.3. The lowest BCUT2D eigenvalue weighted by atomic mass is 9.86. The maximum Gasteiger partial charge on any atom is 0.127 e. The predicted molar refractivity (Wildman–Crippen MR) is 50.5 cm³/mol. The van der Waals surface area contributed by atoms with E-state index in [2.05, 4.69) is 18.3 Å². The first-order valence-corrected chi connectivity index (χ1v) is 5.12. The van der Waals surface area contributed by atoms with Crippen molar-refractivity contribution in [2.75, 3.05) is 6.54 Å². The minimum atomic E-state index is 0.136. The Labute approximate surface area is 78.3 Å². The third-order valence-corrected chi connectivity index (χ3v) is 3.50. The van der Waals surface area contributed by atoms with E-state index in [-0.39, 0.29) is 5.54 Å². The number of furan rings is 1. The van der Waals surface area contributed by atoms with Crippen LogP contribution in [0.2, 0.25) is 0 Å². The number of rotatable bonds is 1. The van der Waals surface area contributed by atoms with Crippen molar-refractivity contribution < 1.29 is 4.42 Å². The van der Waals surface area contributed by atoms with Gasteiger partial charge in [0.2, 0.25) is 0 Å². The fourth-order valence-corrected chi connectivity index (χ4v) is 2.52. The van der Waals surface area contributed by atoms with Crippen LogP contribution in [0.4, 0.5) is 0 Å².